The molecule has 0 fully saturated rings. The second-order valence-electron chi connectivity index (χ2n) is 0.639. The number of aliphatic carboxylic acids is 1. The van der Waals surface area contributed by atoms with E-state index in [1.165, 1.54) is 0 Å². The van der Waals surface area contributed by atoms with Gasteiger partial charge in [0.2, 0.25) is 0 Å². The van der Waals surface area contributed by atoms with Gasteiger partial charge in [-0.2, -0.15) is 0 Å². The molecule has 0 amide bonds. The van der Waals surface area contributed by atoms with Crippen molar-refractivity contribution < 1.29 is 9.90 Å². The first-order valence-corrected chi connectivity index (χ1v) is 2.98. The van der Waals surface area contributed by atoms with Gasteiger partial charge in [-0.05, 0) is 0 Å². The fourth-order valence-electron chi connectivity index (χ4n) is 0. The number of hydrogen-bond acceptors (Lipinski definition) is 1. The Bertz CT molecular complexity index is 64.7. The van der Waals surface area contributed by atoms with E-state index in [4.69, 9.17) is 5.11 Å². The number of carboxylic acid groups (broad SMARTS) is 1. The monoisotopic (exact) mass is 334 g/mol. The molecule has 0 aromatic heterocycles. The van der Waals surface area contributed by atoms with Gasteiger partial charge >= 0.3 is 31.8 Å². The van der Waals surface area contributed by atoms with Crippen molar-refractivity contribution in [3.63, 3.8) is 0 Å². The number of halogens is 2. The van der Waals surface area contributed by atoms with Crippen LogP contribution in [0.3, 0.4) is 0 Å². The molecule has 0 saturated carbocycles. The molecule has 0 unspecified atom stereocenters. The standard InChI is InChI=1S/C2H2Br2O2.In.3H/c3-1(4)2(5)6;;;;/h1H,(H,5,6);;;;. The van der Waals surface area contributed by atoms with E-state index in [1.54, 1.807) is 0 Å². The van der Waals surface area contributed by atoms with Crippen molar-refractivity contribution in [3.05, 3.63) is 0 Å². The normalized spacial score (nSPS) is 7.86. The molecule has 2 nitrogen and oxygen atoms in total. The molecule has 0 spiro atoms. The zero-order valence-electron chi connectivity index (χ0n) is 2.69. The summed E-state index contributed by atoms with van der Waals surface area (Å²) in [6.07, 6.45) is 0. The Hall–Kier alpha value is 1.30. The van der Waals surface area contributed by atoms with Crippen LogP contribution in [-0.2, 0) is 4.79 Å². The van der Waals surface area contributed by atoms with Crippen molar-refractivity contribution >= 4 is 63.7 Å². The van der Waals surface area contributed by atoms with Crippen LogP contribution in [0.2, 0.25) is 0 Å². The van der Waals surface area contributed by atoms with Gasteiger partial charge in [-0.1, -0.05) is 31.9 Å². The molecule has 0 aliphatic rings. The molecule has 0 aromatic carbocycles. The summed E-state index contributed by atoms with van der Waals surface area (Å²) in [4.78, 5) is 9.61. The summed E-state index contributed by atoms with van der Waals surface area (Å²) in [5, 5.41) is 7.90. The summed E-state index contributed by atoms with van der Waals surface area (Å²) in [5.74, 6) is -0.907. The van der Waals surface area contributed by atoms with Crippen molar-refractivity contribution in [2.24, 2.45) is 0 Å². The Balaban J connectivity index is 0. The summed E-state index contributed by atoms with van der Waals surface area (Å²) in [6, 6.07) is 0. The van der Waals surface area contributed by atoms with Crippen LogP contribution < -0.4 is 0 Å². The Morgan fingerprint density at radius 3 is 1.71 bits per heavy atom. The SMILES string of the molecule is O=C(O)C(Br)Br.[InH3]. The van der Waals surface area contributed by atoms with E-state index in [2.05, 4.69) is 31.9 Å². The first kappa shape index (κ1) is 11.1. The zero-order chi connectivity index (χ0) is 5.15. The van der Waals surface area contributed by atoms with Gasteiger partial charge in [0.15, 0.2) is 3.74 Å². The predicted octanol–water partition coefficient (Wildman–Crippen LogP) is 0.00300. The second kappa shape index (κ2) is 5.44. The van der Waals surface area contributed by atoms with Gasteiger partial charge in [-0.3, -0.25) is 4.79 Å². The average Bonchev–Trinajstić information content (AvgIpc) is 1.36. The van der Waals surface area contributed by atoms with Gasteiger partial charge in [0, 0.05) is 0 Å². The fourth-order valence-corrected chi connectivity index (χ4v) is 0. The third-order valence-electron chi connectivity index (χ3n) is 0.187. The summed E-state index contributed by atoms with van der Waals surface area (Å²) in [6.45, 7) is 0. The Morgan fingerprint density at radius 1 is 1.57 bits per heavy atom. The molecule has 42 valence electrons. The van der Waals surface area contributed by atoms with Crippen molar-refractivity contribution in [3.8, 4) is 0 Å². The van der Waals surface area contributed by atoms with Crippen molar-refractivity contribution in [2.45, 2.75) is 3.74 Å². The topological polar surface area (TPSA) is 37.3 Å². The molecular weight excluding hydrogens is 331 g/mol. The number of carbonyl (C=O) groups is 1. The van der Waals surface area contributed by atoms with Crippen LogP contribution in [-0.4, -0.2) is 40.7 Å². The van der Waals surface area contributed by atoms with Crippen LogP contribution in [0.15, 0.2) is 0 Å². The summed E-state index contributed by atoms with van der Waals surface area (Å²) in [7, 11) is 0. The molecule has 0 saturated heterocycles. The molecule has 0 atom stereocenters. The van der Waals surface area contributed by atoms with Crippen LogP contribution in [0.25, 0.3) is 0 Å². The molecule has 0 radical (unpaired) electrons. The van der Waals surface area contributed by atoms with Crippen molar-refractivity contribution in [1.82, 2.24) is 0 Å². The maximum atomic E-state index is 9.61. The van der Waals surface area contributed by atoms with E-state index in [0.29, 0.717) is 0 Å². The zero-order valence-corrected chi connectivity index (χ0v) is 5.86. The van der Waals surface area contributed by atoms with E-state index in [9.17, 15) is 4.79 Å². The summed E-state index contributed by atoms with van der Waals surface area (Å²) in [5.41, 5.74) is 0. The van der Waals surface area contributed by atoms with Crippen molar-refractivity contribution in [2.75, 3.05) is 0 Å². The van der Waals surface area contributed by atoms with Gasteiger partial charge in [0.25, 0.3) is 0 Å². The minimum atomic E-state index is -0.907. The Labute approximate surface area is 76.7 Å². The fraction of sp³-hybridized carbons (Fsp3) is 0.500. The van der Waals surface area contributed by atoms with Gasteiger partial charge in [-0.25, -0.2) is 0 Å². The van der Waals surface area contributed by atoms with E-state index >= 15 is 0 Å². The van der Waals surface area contributed by atoms with Gasteiger partial charge in [-0.15, -0.1) is 0 Å². The van der Waals surface area contributed by atoms with Crippen LogP contribution in [0.1, 0.15) is 0 Å². The minimum absolute atomic E-state index is 0. The van der Waals surface area contributed by atoms with E-state index in [0.717, 1.165) is 0 Å². The van der Waals surface area contributed by atoms with Gasteiger partial charge < -0.3 is 5.11 Å². The maximum absolute atomic E-state index is 9.61. The van der Waals surface area contributed by atoms with Crippen LogP contribution in [0.4, 0.5) is 0 Å². The van der Waals surface area contributed by atoms with Crippen LogP contribution in [0.5, 0.6) is 0 Å². The summed E-state index contributed by atoms with van der Waals surface area (Å²) < 4.78 is -0.606. The number of hydrogen-bond donors (Lipinski definition) is 1. The molecule has 0 aromatic rings. The molecular formula is C2H5Br2InO2. The molecule has 0 aliphatic carbocycles. The third kappa shape index (κ3) is 7.30. The Morgan fingerprint density at radius 2 is 1.71 bits per heavy atom. The van der Waals surface area contributed by atoms with Crippen LogP contribution in [0, 0.1) is 0 Å². The van der Waals surface area contributed by atoms with E-state index in [1.807, 2.05) is 0 Å². The van der Waals surface area contributed by atoms with Gasteiger partial charge in [0.05, 0.1) is 0 Å². The van der Waals surface area contributed by atoms with E-state index < -0.39 is 9.71 Å². The molecule has 0 rings (SSSR count). The third-order valence-corrected chi connectivity index (χ3v) is 0.970. The Kier molecular flexibility index (Phi) is 8.66. The summed E-state index contributed by atoms with van der Waals surface area (Å²) >= 11 is 5.51. The quantitative estimate of drug-likeness (QED) is 0.685. The average molecular weight is 336 g/mol. The van der Waals surface area contributed by atoms with Crippen molar-refractivity contribution in [1.29, 1.82) is 0 Å². The number of rotatable bonds is 1. The van der Waals surface area contributed by atoms with Gasteiger partial charge in [0.1, 0.15) is 0 Å². The molecule has 5 heteroatoms. The number of carboxylic acids is 1. The number of alkyl halides is 2. The molecule has 1 N–H and O–H groups in total. The second-order valence-corrected chi connectivity index (χ2v) is 3.70. The molecule has 0 bridgehead atoms. The molecule has 7 heavy (non-hydrogen) atoms. The first-order chi connectivity index (χ1) is 2.64. The first-order valence-electron chi connectivity index (χ1n) is 1.15. The van der Waals surface area contributed by atoms with Crippen LogP contribution >= 0.6 is 31.9 Å². The van der Waals surface area contributed by atoms with E-state index in [-0.39, 0.29) is 25.8 Å². The predicted molar refractivity (Wildman–Crippen MR) is 39.2 cm³/mol. The molecule has 0 aliphatic heterocycles. The molecule has 0 heterocycles.